The minimum absolute atomic E-state index is 0.0921. The lowest BCUT2D eigenvalue weighted by Gasteiger charge is -2.21. The quantitative estimate of drug-likeness (QED) is 0.872. The van der Waals surface area contributed by atoms with Gasteiger partial charge in [0.05, 0.1) is 19.7 Å². The Morgan fingerprint density at radius 2 is 2.00 bits per heavy atom. The molecule has 0 saturated heterocycles. The van der Waals surface area contributed by atoms with E-state index in [2.05, 4.69) is 6.07 Å². The van der Waals surface area contributed by atoms with Gasteiger partial charge in [0.15, 0.2) is 0 Å². The number of methoxy groups -OCH3 is 1. The zero-order valence-corrected chi connectivity index (χ0v) is 12.5. The van der Waals surface area contributed by atoms with Crippen LogP contribution in [0.4, 0.5) is 0 Å². The van der Waals surface area contributed by atoms with Crippen molar-refractivity contribution in [3.8, 4) is 11.8 Å². The van der Waals surface area contributed by atoms with Crippen LogP contribution in [0.1, 0.15) is 33.1 Å². The van der Waals surface area contributed by atoms with Crippen LogP contribution in [-0.4, -0.2) is 17.9 Å². The number of benzene rings is 2. The third-order valence-corrected chi connectivity index (χ3v) is 4.04. The number of carbonyl (C=O) groups is 1. The van der Waals surface area contributed by atoms with E-state index in [0.717, 1.165) is 22.4 Å². The van der Waals surface area contributed by atoms with Gasteiger partial charge >= 0.3 is 0 Å². The fraction of sp³-hybridized carbons (Fsp3) is 0.222. The van der Waals surface area contributed by atoms with Gasteiger partial charge in [-0.25, -0.2) is 0 Å². The fourth-order valence-electron chi connectivity index (χ4n) is 2.96. The van der Waals surface area contributed by atoms with E-state index in [-0.39, 0.29) is 5.91 Å². The zero-order valence-electron chi connectivity index (χ0n) is 12.5. The van der Waals surface area contributed by atoms with Gasteiger partial charge in [0.1, 0.15) is 11.8 Å². The molecular formula is C18H16N2O2. The Labute approximate surface area is 129 Å². The Hall–Kier alpha value is -2.80. The highest BCUT2D eigenvalue weighted by molar-refractivity contribution is 6.01. The molecule has 4 heteroatoms. The third kappa shape index (κ3) is 2.11. The van der Waals surface area contributed by atoms with Crippen LogP contribution in [0.5, 0.6) is 5.75 Å². The molecule has 0 aliphatic carbocycles. The van der Waals surface area contributed by atoms with Crippen molar-refractivity contribution in [2.24, 2.45) is 0 Å². The molecule has 3 rings (SSSR count). The summed E-state index contributed by atoms with van der Waals surface area (Å²) < 4.78 is 5.34. The van der Waals surface area contributed by atoms with E-state index < -0.39 is 6.04 Å². The first-order valence-corrected chi connectivity index (χ1v) is 7.09. The lowest BCUT2D eigenvalue weighted by atomic mass is 10.0. The molecule has 2 aromatic carbocycles. The summed E-state index contributed by atoms with van der Waals surface area (Å²) in [4.78, 5) is 14.3. The maximum Gasteiger partial charge on any atom is 0.256 e. The summed E-state index contributed by atoms with van der Waals surface area (Å²) in [5.41, 5.74) is 3.25. The highest BCUT2D eigenvalue weighted by Gasteiger charge is 2.37. The first-order valence-electron chi connectivity index (χ1n) is 7.09. The Balaban J connectivity index is 2.01. The van der Waals surface area contributed by atoms with Crippen LogP contribution in [0.15, 0.2) is 42.5 Å². The molecule has 0 spiro atoms. The Morgan fingerprint density at radius 1 is 1.23 bits per heavy atom. The number of nitriles is 1. The molecule has 0 aromatic heterocycles. The second-order valence-electron chi connectivity index (χ2n) is 5.32. The van der Waals surface area contributed by atoms with Gasteiger partial charge in [-0.3, -0.25) is 4.79 Å². The van der Waals surface area contributed by atoms with Gasteiger partial charge in [0, 0.05) is 16.7 Å². The maximum atomic E-state index is 12.7. The predicted molar refractivity (Wildman–Crippen MR) is 82.4 cm³/mol. The molecule has 0 bridgehead atoms. The number of carbonyl (C=O) groups excluding carboxylic acids is 1. The Bertz CT molecular complexity index is 777. The topological polar surface area (TPSA) is 53.3 Å². The normalized spacial score (nSPS) is 16.3. The van der Waals surface area contributed by atoms with Crippen molar-refractivity contribution in [3.63, 3.8) is 0 Å². The smallest absolute Gasteiger partial charge is 0.256 e. The van der Waals surface area contributed by atoms with Crippen LogP contribution in [0.25, 0.3) is 0 Å². The minimum Gasteiger partial charge on any atom is -0.496 e. The number of amides is 1. The highest BCUT2D eigenvalue weighted by atomic mass is 16.5. The van der Waals surface area contributed by atoms with Crippen LogP contribution in [-0.2, 0) is 6.54 Å². The number of aryl methyl sites for hydroxylation is 1. The van der Waals surface area contributed by atoms with Crippen molar-refractivity contribution >= 4 is 5.91 Å². The summed E-state index contributed by atoms with van der Waals surface area (Å²) >= 11 is 0. The number of para-hydroxylation sites is 1. The van der Waals surface area contributed by atoms with E-state index in [0.29, 0.717) is 12.1 Å². The lowest BCUT2D eigenvalue weighted by Crippen LogP contribution is -2.27. The standard InChI is InChI=1S/C18H16N2O2/c1-12-6-5-8-14-15(10-19)20(18(21)17(12)14)11-13-7-3-4-9-16(13)22-2/h3-9,15H,11H2,1-2H3. The number of rotatable bonds is 3. The average molecular weight is 292 g/mol. The predicted octanol–water partition coefficient (Wildman–Crippen LogP) is 3.22. The number of ether oxygens (including phenoxy) is 1. The van der Waals surface area contributed by atoms with Crippen molar-refractivity contribution in [2.75, 3.05) is 7.11 Å². The van der Waals surface area contributed by atoms with Crippen molar-refractivity contribution in [1.82, 2.24) is 4.90 Å². The first kappa shape index (κ1) is 14.2. The molecule has 0 fully saturated rings. The number of fused-ring (bicyclic) bond motifs is 1. The molecule has 1 atom stereocenters. The summed E-state index contributed by atoms with van der Waals surface area (Å²) in [7, 11) is 1.60. The summed E-state index contributed by atoms with van der Waals surface area (Å²) in [5, 5.41) is 9.52. The molecule has 22 heavy (non-hydrogen) atoms. The van der Waals surface area contributed by atoms with Crippen molar-refractivity contribution in [2.45, 2.75) is 19.5 Å². The lowest BCUT2D eigenvalue weighted by molar-refractivity contribution is 0.0743. The molecule has 1 aliphatic rings. The first-order chi connectivity index (χ1) is 10.7. The van der Waals surface area contributed by atoms with Gasteiger partial charge in [-0.05, 0) is 18.6 Å². The van der Waals surface area contributed by atoms with E-state index in [9.17, 15) is 10.1 Å². The average Bonchev–Trinajstić information content (AvgIpc) is 2.81. The number of hydrogen-bond donors (Lipinski definition) is 0. The molecule has 1 aliphatic heterocycles. The number of nitrogens with zero attached hydrogens (tertiary/aromatic N) is 2. The monoisotopic (exact) mass is 292 g/mol. The van der Waals surface area contributed by atoms with E-state index in [1.165, 1.54) is 0 Å². The number of hydrogen-bond acceptors (Lipinski definition) is 3. The molecule has 0 saturated carbocycles. The van der Waals surface area contributed by atoms with Gasteiger partial charge in [-0.2, -0.15) is 5.26 Å². The minimum atomic E-state index is -0.549. The molecule has 0 N–H and O–H groups in total. The van der Waals surface area contributed by atoms with Crippen molar-refractivity contribution in [1.29, 1.82) is 5.26 Å². The van der Waals surface area contributed by atoms with E-state index >= 15 is 0 Å². The summed E-state index contributed by atoms with van der Waals surface area (Å²) in [6.07, 6.45) is 0. The van der Waals surface area contributed by atoms with Crippen LogP contribution in [0, 0.1) is 18.3 Å². The molecule has 1 unspecified atom stereocenters. The SMILES string of the molecule is COc1ccccc1CN1C(=O)c2c(C)cccc2C1C#N. The van der Waals surface area contributed by atoms with Gasteiger partial charge in [-0.15, -0.1) is 0 Å². The third-order valence-electron chi connectivity index (χ3n) is 4.04. The molecule has 110 valence electrons. The Morgan fingerprint density at radius 3 is 2.73 bits per heavy atom. The molecule has 4 nitrogen and oxygen atoms in total. The second kappa shape index (κ2) is 5.53. The van der Waals surface area contributed by atoms with E-state index in [4.69, 9.17) is 4.74 Å². The summed E-state index contributed by atoms with van der Waals surface area (Å²) in [6.45, 7) is 2.26. The van der Waals surface area contributed by atoms with Gasteiger partial charge in [0.25, 0.3) is 5.91 Å². The Kier molecular flexibility index (Phi) is 3.56. The molecule has 0 radical (unpaired) electrons. The molecular weight excluding hydrogens is 276 g/mol. The van der Waals surface area contributed by atoms with E-state index in [1.807, 2.05) is 49.4 Å². The maximum absolute atomic E-state index is 12.7. The van der Waals surface area contributed by atoms with Gasteiger partial charge in [-0.1, -0.05) is 36.4 Å². The van der Waals surface area contributed by atoms with Gasteiger partial charge in [0.2, 0.25) is 0 Å². The zero-order chi connectivity index (χ0) is 15.7. The molecule has 1 heterocycles. The van der Waals surface area contributed by atoms with Crippen LogP contribution in [0.2, 0.25) is 0 Å². The molecule has 2 aromatic rings. The van der Waals surface area contributed by atoms with Crippen molar-refractivity contribution in [3.05, 3.63) is 64.7 Å². The van der Waals surface area contributed by atoms with Crippen LogP contribution >= 0.6 is 0 Å². The van der Waals surface area contributed by atoms with Gasteiger partial charge < -0.3 is 9.64 Å². The largest absolute Gasteiger partial charge is 0.496 e. The van der Waals surface area contributed by atoms with Crippen molar-refractivity contribution < 1.29 is 9.53 Å². The highest BCUT2D eigenvalue weighted by Crippen LogP contribution is 2.36. The van der Waals surface area contributed by atoms with Crippen LogP contribution < -0.4 is 4.74 Å². The summed E-state index contributed by atoms with van der Waals surface area (Å²) in [6, 6.07) is 14.9. The molecule has 1 amide bonds. The fourth-order valence-corrected chi connectivity index (χ4v) is 2.96. The second-order valence-corrected chi connectivity index (χ2v) is 5.32. The van der Waals surface area contributed by atoms with E-state index in [1.54, 1.807) is 12.0 Å². The van der Waals surface area contributed by atoms with Crippen LogP contribution in [0.3, 0.4) is 0 Å². The summed E-state index contributed by atoms with van der Waals surface area (Å²) in [5.74, 6) is 0.630.